The Morgan fingerprint density at radius 1 is 1.20 bits per heavy atom. The second kappa shape index (κ2) is 12.3. The van der Waals surface area contributed by atoms with Crippen molar-refractivity contribution >= 4 is 17.5 Å². The van der Waals surface area contributed by atoms with Crippen LogP contribution in [0.25, 0.3) is 16.9 Å². The smallest absolute Gasteiger partial charge is 0.435 e. The van der Waals surface area contributed by atoms with Gasteiger partial charge >= 0.3 is 12.1 Å². The van der Waals surface area contributed by atoms with Crippen molar-refractivity contribution in [3.05, 3.63) is 54.2 Å². The summed E-state index contributed by atoms with van der Waals surface area (Å²) in [4.78, 5) is 35.3. The van der Waals surface area contributed by atoms with Crippen LogP contribution < -0.4 is 4.74 Å². The Morgan fingerprint density at radius 3 is 2.65 bits per heavy atom. The number of esters is 1. The van der Waals surface area contributed by atoms with Gasteiger partial charge in [-0.2, -0.15) is 23.5 Å². The van der Waals surface area contributed by atoms with Gasteiger partial charge in [0.2, 0.25) is 5.65 Å². The monoisotopic (exact) mass is 641 g/mol. The van der Waals surface area contributed by atoms with Crippen LogP contribution >= 0.6 is 0 Å². The predicted octanol–water partition coefficient (Wildman–Crippen LogP) is 2.93. The highest BCUT2D eigenvalue weighted by molar-refractivity contribution is 5.97. The number of ether oxygens (including phenoxy) is 3. The number of piperidine rings is 1. The first-order chi connectivity index (χ1) is 22.0. The number of aromatic nitrogens is 5. The lowest BCUT2D eigenvalue weighted by atomic mass is 10.1. The number of hydrogen-bond donors (Lipinski definition) is 2. The van der Waals surface area contributed by atoms with Gasteiger partial charge in [-0.3, -0.25) is 13.9 Å². The van der Waals surface area contributed by atoms with Crippen molar-refractivity contribution in [2.75, 3.05) is 19.7 Å². The summed E-state index contributed by atoms with van der Waals surface area (Å²) in [6.45, 7) is 0.263. The number of carbonyl (C=O) groups is 2. The van der Waals surface area contributed by atoms with Crippen molar-refractivity contribution < 1.29 is 47.2 Å². The minimum Gasteiger partial charge on any atom is -0.507 e. The van der Waals surface area contributed by atoms with E-state index in [1.807, 2.05) is 0 Å². The molecule has 4 aromatic rings. The van der Waals surface area contributed by atoms with Crippen molar-refractivity contribution in [3.8, 4) is 34.7 Å². The molecule has 2 aliphatic heterocycles. The number of aliphatic hydroxyl groups is 1. The number of nitrogens with zero attached hydrogens (tertiary/aromatic N) is 7. The van der Waals surface area contributed by atoms with Crippen molar-refractivity contribution in [3.63, 3.8) is 0 Å². The van der Waals surface area contributed by atoms with E-state index in [0.29, 0.717) is 12.8 Å². The number of likely N-dealkylation sites (tertiary alicyclic amines) is 1. The first-order valence-electron chi connectivity index (χ1n) is 14.2. The fraction of sp³-hybridized carbons (Fsp3) is 0.379. The van der Waals surface area contributed by atoms with Crippen LogP contribution in [0.15, 0.2) is 43.0 Å². The summed E-state index contributed by atoms with van der Waals surface area (Å²) in [5, 5.41) is 32.7. The summed E-state index contributed by atoms with van der Waals surface area (Å²) in [7, 11) is 0. The topological polar surface area (TPSA) is 177 Å². The Labute approximate surface area is 258 Å². The highest BCUT2D eigenvalue weighted by atomic mass is 19.4. The van der Waals surface area contributed by atoms with Gasteiger partial charge in [0.1, 0.15) is 24.1 Å². The minimum absolute atomic E-state index is 0.0134. The fourth-order valence-electron chi connectivity index (χ4n) is 5.37. The molecule has 2 aliphatic rings. The molecule has 0 bridgehead atoms. The number of phenols is 1. The van der Waals surface area contributed by atoms with Gasteiger partial charge in [-0.15, -0.1) is 0 Å². The van der Waals surface area contributed by atoms with Gasteiger partial charge < -0.3 is 29.3 Å². The van der Waals surface area contributed by atoms with Crippen LogP contribution in [0, 0.1) is 11.3 Å². The third kappa shape index (κ3) is 6.17. The third-order valence-electron chi connectivity index (χ3n) is 7.60. The number of imidazole rings is 1. The number of halogens is 3. The molecule has 0 aliphatic carbocycles. The van der Waals surface area contributed by atoms with Crippen LogP contribution in [-0.4, -0.2) is 89.1 Å². The van der Waals surface area contributed by atoms with E-state index in [0.717, 1.165) is 10.9 Å². The Bertz CT molecular complexity index is 1830. The maximum Gasteiger partial charge on any atom is 0.435 e. The molecule has 1 amide bonds. The first-order valence-corrected chi connectivity index (χ1v) is 14.2. The minimum atomic E-state index is -4.79. The van der Waals surface area contributed by atoms with E-state index in [-0.39, 0.29) is 72.5 Å². The number of alkyl halides is 3. The molecule has 0 saturated carbocycles. The van der Waals surface area contributed by atoms with Gasteiger partial charge in [-0.25, -0.2) is 14.8 Å². The number of benzene rings is 1. The van der Waals surface area contributed by atoms with Gasteiger partial charge in [0.25, 0.3) is 11.8 Å². The van der Waals surface area contributed by atoms with E-state index >= 15 is 0 Å². The molecular formula is C29H26F3N7O7. The van der Waals surface area contributed by atoms with Gasteiger partial charge in [-0.1, -0.05) is 0 Å². The molecule has 2 fully saturated rings. The van der Waals surface area contributed by atoms with Crippen LogP contribution in [0.3, 0.4) is 0 Å². The second-order valence-corrected chi connectivity index (χ2v) is 10.7. The number of aromatic hydroxyl groups is 1. The SMILES string of the molecule is N#CCn1cc(-c2cnc3c(Oc4ccc(C(=O)N5CCC(OC(=O)[C@@H]6C[C@@H](O)CO6)CC5)c(O)c4)nccn23)c(C(F)(F)F)n1. The number of aliphatic hydroxyl groups excluding tert-OH is 1. The molecule has 0 radical (unpaired) electrons. The van der Waals surface area contributed by atoms with Gasteiger partial charge in [0, 0.05) is 57.0 Å². The summed E-state index contributed by atoms with van der Waals surface area (Å²) >= 11 is 0. The van der Waals surface area contributed by atoms with Crippen molar-refractivity contribution in [2.24, 2.45) is 0 Å². The molecule has 3 aromatic heterocycles. The van der Waals surface area contributed by atoms with E-state index in [1.54, 1.807) is 6.07 Å². The summed E-state index contributed by atoms with van der Waals surface area (Å²) in [5.41, 5.74) is -1.36. The Balaban J connectivity index is 1.14. The molecule has 2 N–H and O–H groups in total. The molecule has 6 rings (SSSR count). The first kappa shape index (κ1) is 30.8. The number of amides is 1. The molecule has 0 unspecified atom stereocenters. The molecule has 1 aromatic carbocycles. The zero-order valence-corrected chi connectivity index (χ0v) is 23.9. The van der Waals surface area contributed by atoms with E-state index in [9.17, 15) is 33.0 Å². The molecular weight excluding hydrogens is 615 g/mol. The molecule has 17 heteroatoms. The van der Waals surface area contributed by atoms with Crippen molar-refractivity contribution in [2.45, 2.75) is 50.3 Å². The average molecular weight is 642 g/mol. The van der Waals surface area contributed by atoms with Crippen molar-refractivity contribution in [1.29, 1.82) is 5.26 Å². The highest BCUT2D eigenvalue weighted by Gasteiger charge is 2.39. The molecule has 5 heterocycles. The number of fused-ring (bicyclic) bond motifs is 1. The Kier molecular flexibility index (Phi) is 8.23. The van der Waals surface area contributed by atoms with Crippen LogP contribution in [0.5, 0.6) is 17.4 Å². The van der Waals surface area contributed by atoms with E-state index in [1.165, 1.54) is 46.1 Å². The van der Waals surface area contributed by atoms with Gasteiger partial charge in [-0.05, 0) is 12.1 Å². The summed E-state index contributed by atoms with van der Waals surface area (Å²) < 4.78 is 59.9. The molecule has 46 heavy (non-hydrogen) atoms. The predicted molar refractivity (Wildman–Crippen MR) is 148 cm³/mol. The van der Waals surface area contributed by atoms with Crippen molar-refractivity contribution in [1.82, 2.24) is 29.0 Å². The lowest BCUT2D eigenvalue weighted by Crippen LogP contribution is -2.42. The maximum atomic E-state index is 13.7. The lowest BCUT2D eigenvalue weighted by molar-refractivity contribution is -0.161. The summed E-state index contributed by atoms with van der Waals surface area (Å²) in [6.07, 6.45) is -0.739. The van der Waals surface area contributed by atoms with E-state index in [2.05, 4.69) is 15.1 Å². The fourth-order valence-corrected chi connectivity index (χ4v) is 5.37. The summed E-state index contributed by atoms with van der Waals surface area (Å²) in [6, 6.07) is 5.77. The third-order valence-corrected chi connectivity index (χ3v) is 7.60. The molecule has 2 saturated heterocycles. The molecule has 240 valence electrons. The Hall–Kier alpha value is -5.21. The van der Waals surface area contributed by atoms with Crippen LogP contribution in [0.2, 0.25) is 0 Å². The van der Waals surface area contributed by atoms with Crippen LogP contribution in [-0.2, 0) is 27.0 Å². The van der Waals surface area contributed by atoms with E-state index in [4.69, 9.17) is 19.5 Å². The largest absolute Gasteiger partial charge is 0.507 e. The molecule has 0 spiro atoms. The van der Waals surface area contributed by atoms with E-state index < -0.39 is 42.1 Å². The normalized spacial score (nSPS) is 18.9. The second-order valence-electron chi connectivity index (χ2n) is 10.7. The van der Waals surface area contributed by atoms with Gasteiger partial charge in [0.05, 0.1) is 41.8 Å². The maximum absolute atomic E-state index is 13.7. The number of hydrogen-bond acceptors (Lipinski definition) is 11. The molecule has 14 nitrogen and oxygen atoms in total. The highest BCUT2D eigenvalue weighted by Crippen LogP contribution is 2.37. The lowest BCUT2D eigenvalue weighted by Gasteiger charge is -2.32. The average Bonchev–Trinajstić information content (AvgIpc) is 3.76. The number of carbonyl (C=O) groups excluding carboxylic acids is 2. The Morgan fingerprint density at radius 2 is 1.98 bits per heavy atom. The standard InChI is InChI=1S/C29H26F3N7O7/c30-29(31,32)24-20(14-38(36-24)9-5-33)21-13-35-25-26(34-6-10-39(21)25)45-18-1-2-19(22(41)12-18)27(42)37-7-3-17(4-8-37)46-28(43)23-11-16(40)15-44-23/h1-2,6,10,12-14,16-17,23,40-41H,3-4,7-9,11,15H2/t16-,23+/m1/s1. The van der Waals surface area contributed by atoms with Crippen LogP contribution in [0.4, 0.5) is 13.2 Å². The zero-order chi connectivity index (χ0) is 32.6. The number of rotatable bonds is 7. The zero-order valence-electron chi connectivity index (χ0n) is 23.9. The van der Waals surface area contributed by atoms with Gasteiger partial charge in [0.15, 0.2) is 11.8 Å². The summed E-state index contributed by atoms with van der Waals surface area (Å²) in [5.74, 6) is -1.35. The quantitative estimate of drug-likeness (QED) is 0.284. The molecule has 2 atom stereocenters. The number of phenolic OH excluding ortho intramolecular Hbond substituents is 1. The number of nitriles is 1. The van der Waals surface area contributed by atoms with Crippen LogP contribution in [0.1, 0.15) is 35.3 Å².